The molecule has 0 rings (SSSR count). The highest BCUT2D eigenvalue weighted by molar-refractivity contribution is 7.65. The molecule has 0 aliphatic heterocycles. The van der Waals surface area contributed by atoms with E-state index in [1.165, 1.54) is 0 Å². The Labute approximate surface area is 85.5 Å². The first kappa shape index (κ1) is 14.2. The Hall–Kier alpha value is 0.210. The summed E-state index contributed by atoms with van der Waals surface area (Å²) in [6, 6.07) is 0. The van der Waals surface area contributed by atoms with Crippen molar-refractivity contribution in [2.75, 3.05) is 25.7 Å². The van der Waals surface area contributed by atoms with E-state index < -0.39 is 15.6 Å². The van der Waals surface area contributed by atoms with E-state index in [0.717, 1.165) is 0 Å². The van der Waals surface area contributed by atoms with Gasteiger partial charge in [0.1, 0.15) is 0 Å². The second kappa shape index (κ2) is 7.49. The molecule has 0 aromatic carbocycles. The van der Waals surface area contributed by atoms with Crippen LogP contribution in [0.3, 0.4) is 0 Å². The third kappa shape index (κ3) is 5.84. The van der Waals surface area contributed by atoms with Crippen molar-refractivity contribution in [1.82, 2.24) is 0 Å². The maximum atomic E-state index is 11.8. The molecule has 0 radical (unpaired) electrons. The Bertz CT molecular complexity index is 208. The maximum absolute atomic E-state index is 11.8. The van der Waals surface area contributed by atoms with E-state index in [9.17, 15) is 9.13 Å². The molecule has 7 heteroatoms. The van der Waals surface area contributed by atoms with Crippen LogP contribution < -0.4 is 0 Å². The van der Waals surface area contributed by atoms with Crippen LogP contribution in [-0.2, 0) is 22.7 Å². The summed E-state index contributed by atoms with van der Waals surface area (Å²) in [6.07, 6.45) is 0. The normalized spacial score (nSPS) is 12.9. The molecule has 0 fully saturated rings. The summed E-state index contributed by atoms with van der Waals surface area (Å²) >= 11 is 0. The van der Waals surface area contributed by atoms with Gasteiger partial charge in [0.25, 0.3) is 5.90 Å². The fraction of sp³-hybridized carbons (Fsp3) is 1.00. The van der Waals surface area contributed by atoms with Gasteiger partial charge >= 0.3 is 15.6 Å². The van der Waals surface area contributed by atoms with E-state index in [1.807, 2.05) is 0 Å². The fourth-order valence-corrected chi connectivity index (χ4v) is 4.10. The standard InChI is InChI=1S/C7H17O5P2/c1-4-10-13(8)7-14(9,11-5-2)12-6-3/h4-7H2,1-3H3/q+1. The minimum absolute atomic E-state index is 0.169. The Balaban J connectivity index is 4.21. The van der Waals surface area contributed by atoms with E-state index in [1.54, 1.807) is 20.8 Å². The molecule has 5 nitrogen and oxygen atoms in total. The Morgan fingerprint density at radius 3 is 1.93 bits per heavy atom. The van der Waals surface area contributed by atoms with E-state index in [2.05, 4.69) is 0 Å². The van der Waals surface area contributed by atoms with E-state index in [0.29, 0.717) is 6.61 Å². The van der Waals surface area contributed by atoms with E-state index in [-0.39, 0.29) is 19.1 Å². The molecule has 0 aromatic heterocycles. The molecule has 1 unspecified atom stereocenters. The molecule has 0 amide bonds. The van der Waals surface area contributed by atoms with Gasteiger partial charge in [-0.1, -0.05) is 0 Å². The zero-order chi connectivity index (χ0) is 11.0. The Morgan fingerprint density at radius 1 is 1.07 bits per heavy atom. The molecule has 0 N–H and O–H groups in total. The summed E-state index contributed by atoms with van der Waals surface area (Å²) in [5.74, 6) is -0.169. The highest BCUT2D eigenvalue weighted by atomic mass is 31.2. The monoisotopic (exact) mass is 243 g/mol. The van der Waals surface area contributed by atoms with Gasteiger partial charge in [0.15, 0.2) is 0 Å². The summed E-state index contributed by atoms with van der Waals surface area (Å²) in [7, 11) is -5.17. The van der Waals surface area contributed by atoms with Gasteiger partial charge < -0.3 is 9.05 Å². The molecule has 84 valence electrons. The van der Waals surface area contributed by atoms with Gasteiger partial charge in [0.05, 0.1) is 19.8 Å². The molecule has 0 aliphatic rings. The van der Waals surface area contributed by atoms with Gasteiger partial charge in [-0.15, -0.1) is 4.52 Å². The molecule has 0 spiro atoms. The molecule has 1 atom stereocenters. The van der Waals surface area contributed by atoms with Crippen LogP contribution in [-0.4, -0.2) is 25.7 Å². The van der Waals surface area contributed by atoms with Crippen LogP contribution in [0.25, 0.3) is 0 Å². The highest BCUT2D eigenvalue weighted by Gasteiger charge is 2.36. The van der Waals surface area contributed by atoms with Crippen molar-refractivity contribution in [1.29, 1.82) is 0 Å². The van der Waals surface area contributed by atoms with Gasteiger partial charge in [-0.3, -0.25) is 4.57 Å². The molecule has 0 saturated heterocycles. The van der Waals surface area contributed by atoms with Crippen molar-refractivity contribution in [2.24, 2.45) is 0 Å². The van der Waals surface area contributed by atoms with Crippen LogP contribution in [0.15, 0.2) is 0 Å². The van der Waals surface area contributed by atoms with Gasteiger partial charge in [0, 0.05) is 0 Å². The number of rotatable bonds is 8. The molecule has 14 heavy (non-hydrogen) atoms. The molecule has 0 saturated carbocycles. The lowest BCUT2D eigenvalue weighted by Gasteiger charge is -2.11. The molecule has 0 aliphatic carbocycles. The van der Waals surface area contributed by atoms with Crippen LogP contribution >= 0.6 is 15.6 Å². The number of hydrogen-bond acceptors (Lipinski definition) is 5. The van der Waals surface area contributed by atoms with Gasteiger partial charge in [0.2, 0.25) is 0 Å². The summed E-state index contributed by atoms with van der Waals surface area (Å²) in [5.41, 5.74) is 0. The van der Waals surface area contributed by atoms with Crippen LogP contribution in [0.5, 0.6) is 0 Å². The smallest absolute Gasteiger partial charge is 0.306 e. The van der Waals surface area contributed by atoms with E-state index in [4.69, 9.17) is 13.6 Å². The summed E-state index contributed by atoms with van der Waals surface area (Å²) in [4.78, 5) is 0. The summed E-state index contributed by atoms with van der Waals surface area (Å²) < 4.78 is 37.7. The van der Waals surface area contributed by atoms with Crippen LogP contribution in [0.4, 0.5) is 0 Å². The molecule has 0 heterocycles. The highest BCUT2D eigenvalue weighted by Crippen LogP contribution is 2.54. The lowest BCUT2D eigenvalue weighted by Crippen LogP contribution is -1.98. The third-order valence-electron chi connectivity index (χ3n) is 1.21. The van der Waals surface area contributed by atoms with Gasteiger partial charge in [-0.05, 0) is 25.3 Å². The quantitative estimate of drug-likeness (QED) is 0.613. The lowest BCUT2D eigenvalue weighted by molar-refractivity contribution is 0.222. The Kier molecular flexibility index (Phi) is 7.61. The summed E-state index contributed by atoms with van der Waals surface area (Å²) in [6.45, 7) is 6.00. The van der Waals surface area contributed by atoms with Crippen molar-refractivity contribution in [3.05, 3.63) is 0 Å². The average Bonchev–Trinajstić information content (AvgIpc) is 2.04. The summed E-state index contributed by atoms with van der Waals surface area (Å²) in [5, 5.41) is 0. The second-order valence-corrected chi connectivity index (χ2v) is 6.13. The fourth-order valence-electron chi connectivity index (χ4n) is 0.839. The first-order chi connectivity index (χ1) is 6.58. The minimum atomic E-state index is -3.21. The van der Waals surface area contributed by atoms with Crippen molar-refractivity contribution >= 4 is 15.6 Å². The molecule has 0 bridgehead atoms. The first-order valence-corrected chi connectivity index (χ1v) is 7.62. The van der Waals surface area contributed by atoms with Gasteiger partial charge in [-0.2, -0.15) is 0 Å². The first-order valence-electron chi connectivity index (χ1n) is 4.53. The zero-order valence-electron chi connectivity index (χ0n) is 8.76. The number of hydrogen-bond donors (Lipinski definition) is 0. The third-order valence-corrected chi connectivity index (χ3v) is 5.37. The topological polar surface area (TPSA) is 61.8 Å². The predicted octanol–water partition coefficient (Wildman–Crippen LogP) is 2.99. The van der Waals surface area contributed by atoms with Crippen molar-refractivity contribution in [3.8, 4) is 0 Å². The molecular formula is C7H17O5P2+. The molecule has 0 aromatic rings. The molecular weight excluding hydrogens is 226 g/mol. The average molecular weight is 243 g/mol. The Morgan fingerprint density at radius 2 is 1.57 bits per heavy atom. The SMILES string of the molecule is CCO[P+](=O)CP(=O)(OCC)OCC. The second-order valence-electron chi connectivity index (χ2n) is 2.34. The predicted molar refractivity (Wildman–Crippen MR) is 55.0 cm³/mol. The van der Waals surface area contributed by atoms with Crippen LogP contribution in [0.1, 0.15) is 20.8 Å². The van der Waals surface area contributed by atoms with Crippen LogP contribution in [0.2, 0.25) is 0 Å². The lowest BCUT2D eigenvalue weighted by atomic mass is 10.9. The largest absolute Gasteiger partial charge is 0.521 e. The van der Waals surface area contributed by atoms with E-state index >= 15 is 0 Å². The van der Waals surface area contributed by atoms with Crippen molar-refractivity contribution in [2.45, 2.75) is 20.8 Å². The van der Waals surface area contributed by atoms with Crippen LogP contribution in [0, 0.1) is 0 Å². The van der Waals surface area contributed by atoms with Gasteiger partial charge in [-0.25, -0.2) is 0 Å². The van der Waals surface area contributed by atoms with Crippen molar-refractivity contribution < 1.29 is 22.7 Å². The zero-order valence-corrected chi connectivity index (χ0v) is 10.6. The van der Waals surface area contributed by atoms with Crippen molar-refractivity contribution in [3.63, 3.8) is 0 Å². The minimum Gasteiger partial charge on any atom is -0.306 e. The maximum Gasteiger partial charge on any atom is 0.521 e.